The number of benzene rings is 1. The molecule has 0 spiro atoms. The molecule has 0 unspecified atom stereocenters. The van der Waals surface area contributed by atoms with Crippen molar-refractivity contribution < 1.29 is 14.3 Å². The van der Waals surface area contributed by atoms with Gasteiger partial charge in [0.1, 0.15) is 0 Å². The molecule has 1 aromatic rings. The van der Waals surface area contributed by atoms with Crippen LogP contribution in [-0.4, -0.2) is 11.9 Å². The van der Waals surface area contributed by atoms with E-state index in [1.807, 2.05) is 19.9 Å². The molecule has 2 rings (SSSR count). The van der Waals surface area contributed by atoms with E-state index in [1.54, 1.807) is 6.07 Å². The maximum Gasteiger partial charge on any atom is 0.347 e. The van der Waals surface area contributed by atoms with Crippen molar-refractivity contribution in [1.29, 1.82) is 0 Å². The Morgan fingerprint density at radius 3 is 2.60 bits per heavy atom. The molecular formula is C12H12O3. The first-order valence-corrected chi connectivity index (χ1v) is 5.04. The molecular weight excluding hydrogens is 192 g/mol. The molecule has 0 saturated carbocycles. The standard InChI is InChI=1S/C12H12O3/c1-3-4-8-7(2)5-6-9-10(8)12(14)15-11(9)13/h5-6H,3-4H2,1-2H3. The van der Waals surface area contributed by atoms with Crippen molar-refractivity contribution in [2.75, 3.05) is 0 Å². The lowest BCUT2D eigenvalue weighted by Crippen LogP contribution is -2.02. The Bertz CT molecular complexity index is 446. The third-order valence-corrected chi connectivity index (χ3v) is 2.66. The van der Waals surface area contributed by atoms with E-state index in [1.165, 1.54) is 0 Å². The molecule has 0 fully saturated rings. The fourth-order valence-corrected chi connectivity index (χ4v) is 1.92. The van der Waals surface area contributed by atoms with Crippen LogP contribution in [0.15, 0.2) is 12.1 Å². The van der Waals surface area contributed by atoms with Crippen molar-refractivity contribution in [3.8, 4) is 0 Å². The summed E-state index contributed by atoms with van der Waals surface area (Å²) in [5.41, 5.74) is 2.88. The highest BCUT2D eigenvalue weighted by atomic mass is 16.6. The van der Waals surface area contributed by atoms with E-state index >= 15 is 0 Å². The fraction of sp³-hybridized carbons (Fsp3) is 0.333. The number of carbonyl (C=O) groups is 2. The first kappa shape index (κ1) is 9.90. The van der Waals surface area contributed by atoms with Crippen LogP contribution in [-0.2, 0) is 11.2 Å². The van der Waals surface area contributed by atoms with Gasteiger partial charge in [-0.25, -0.2) is 9.59 Å². The summed E-state index contributed by atoms with van der Waals surface area (Å²) in [6.45, 7) is 3.99. The molecule has 0 aromatic heterocycles. The molecule has 3 heteroatoms. The number of ether oxygens (including phenoxy) is 1. The summed E-state index contributed by atoms with van der Waals surface area (Å²) in [6.07, 6.45) is 1.75. The zero-order valence-electron chi connectivity index (χ0n) is 8.79. The largest absolute Gasteiger partial charge is 0.386 e. The van der Waals surface area contributed by atoms with Gasteiger partial charge in [-0.1, -0.05) is 19.4 Å². The molecule has 1 heterocycles. The lowest BCUT2D eigenvalue weighted by Gasteiger charge is -2.06. The summed E-state index contributed by atoms with van der Waals surface area (Å²) in [6, 6.07) is 3.53. The Balaban J connectivity index is 2.64. The summed E-state index contributed by atoms with van der Waals surface area (Å²) < 4.78 is 4.60. The molecule has 0 saturated heterocycles. The second kappa shape index (κ2) is 3.50. The molecule has 0 bridgehead atoms. The second-order valence-corrected chi connectivity index (χ2v) is 3.71. The molecule has 1 aromatic carbocycles. The molecule has 3 nitrogen and oxygen atoms in total. The highest BCUT2D eigenvalue weighted by molar-refractivity contribution is 6.15. The number of cyclic esters (lactones) is 2. The number of esters is 2. The lowest BCUT2D eigenvalue weighted by atomic mass is 9.95. The fourth-order valence-electron chi connectivity index (χ4n) is 1.92. The summed E-state index contributed by atoms with van der Waals surface area (Å²) in [4.78, 5) is 22.8. The smallest absolute Gasteiger partial charge is 0.347 e. The quantitative estimate of drug-likeness (QED) is 0.548. The van der Waals surface area contributed by atoms with Gasteiger partial charge in [-0.3, -0.25) is 0 Å². The van der Waals surface area contributed by atoms with E-state index in [0.717, 1.165) is 24.0 Å². The van der Waals surface area contributed by atoms with E-state index in [9.17, 15) is 9.59 Å². The molecule has 1 aliphatic heterocycles. The first-order valence-electron chi connectivity index (χ1n) is 5.04. The molecule has 0 atom stereocenters. The molecule has 0 amide bonds. The van der Waals surface area contributed by atoms with Gasteiger partial charge in [0.15, 0.2) is 0 Å². The van der Waals surface area contributed by atoms with Gasteiger partial charge < -0.3 is 4.74 Å². The number of carbonyl (C=O) groups excluding carboxylic acids is 2. The Morgan fingerprint density at radius 2 is 1.93 bits per heavy atom. The topological polar surface area (TPSA) is 43.4 Å². The van der Waals surface area contributed by atoms with Crippen molar-refractivity contribution in [1.82, 2.24) is 0 Å². The molecule has 0 aliphatic carbocycles. The third-order valence-electron chi connectivity index (χ3n) is 2.66. The monoisotopic (exact) mass is 204 g/mol. The molecule has 0 radical (unpaired) electrons. The number of hydrogen-bond donors (Lipinski definition) is 0. The van der Waals surface area contributed by atoms with Gasteiger partial charge in [0.2, 0.25) is 0 Å². The van der Waals surface area contributed by atoms with Crippen molar-refractivity contribution in [3.05, 3.63) is 34.4 Å². The van der Waals surface area contributed by atoms with E-state index in [2.05, 4.69) is 4.74 Å². The van der Waals surface area contributed by atoms with Gasteiger partial charge in [-0.05, 0) is 30.5 Å². The predicted octanol–water partition coefficient (Wildman–Crippen LogP) is 2.26. The lowest BCUT2D eigenvalue weighted by molar-refractivity contribution is 0.0443. The Labute approximate surface area is 88.1 Å². The minimum Gasteiger partial charge on any atom is -0.386 e. The van der Waals surface area contributed by atoms with Crippen molar-refractivity contribution in [2.24, 2.45) is 0 Å². The average molecular weight is 204 g/mol. The second-order valence-electron chi connectivity index (χ2n) is 3.71. The molecule has 78 valence electrons. The van der Waals surface area contributed by atoms with Gasteiger partial charge in [0, 0.05) is 0 Å². The Morgan fingerprint density at radius 1 is 1.20 bits per heavy atom. The van der Waals surface area contributed by atoms with E-state index in [0.29, 0.717) is 11.1 Å². The van der Waals surface area contributed by atoms with E-state index < -0.39 is 11.9 Å². The van der Waals surface area contributed by atoms with Crippen molar-refractivity contribution in [2.45, 2.75) is 26.7 Å². The van der Waals surface area contributed by atoms with Gasteiger partial charge in [-0.2, -0.15) is 0 Å². The summed E-state index contributed by atoms with van der Waals surface area (Å²) >= 11 is 0. The molecule has 15 heavy (non-hydrogen) atoms. The van der Waals surface area contributed by atoms with Gasteiger partial charge in [0.05, 0.1) is 11.1 Å². The maximum atomic E-state index is 11.5. The number of fused-ring (bicyclic) bond motifs is 1. The SMILES string of the molecule is CCCc1c(C)ccc2c1C(=O)OC2=O. The number of hydrogen-bond acceptors (Lipinski definition) is 3. The minimum absolute atomic E-state index is 0.411. The molecule has 0 N–H and O–H groups in total. The van der Waals surface area contributed by atoms with E-state index in [-0.39, 0.29) is 0 Å². The van der Waals surface area contributed by atoms with Crippen LogP contribution in [0.3, 0.4) is 0 Å². The van der Waals surface area contributed by atoms with Crippen LogP contribution in [0.25, 0.3) is 0 Å². The van der Waals surface area contributed by atoms with Crippen LogP contribution in [0.1, 0.15) is 45.2 Å². The Kier molecular flexibility index (Phi) is 2.31. The van der Waals surface area contributed by atoms with Gasteiger partial charge in [0.25, 0.3) is 0 Å². The van der Waals surface area contributed by atoms with Crippen LogP contribution >= 0.6 is 0 Å². The van der Waals surface area contributed by atoms with Crippen LogP contribution in [0.2, 0.25) is 0 Å². The minimum atomic E-state index is -0.521. The molecule has 1 aliphatic rings. The highest BCUT2D eigenvalue weighted by Gasteiger charge is 2.32. The van der Waals surface area contributed by atoms with Gasteiger partial charge in [-0.15, -0.1) is 0 Å². The predicted molar refractivity (Wildman–Crippen MR) is 54.9 cm³/mol. The number of rotatable bonds is 2. The zero-order chi connectivity index (χ0) is 11.0. The van der Waals surface area contributed by atoms with Gasteiger partial charge >= 0.3 is 11.9 Å². The van der Waals surface area contributed by atoms with Crippen molar-refractivity contribution in [3.63, 3.8) is 0 Å². The highest BCUT2D eigenvalue weighted by Crippen LogP contribution is 2.27. The summed E-state index contributed by atoms with van der Waals surface area (Å²) in [7, 11) is 0. The van der Waals surface area contributed by atoms with Crippen LogP contribution in [0.4, 0.5) is 0 Å². The summed E-state index contributed by atoms with van der Waals surface area (Å²) in [5.74, 6) is -1.02. The maximum absolute atomic E-state index is 11.5. The zero-order valence-corrected chi connectivity index (χ0v) is 8.79. The van der Waals surface area contributed by atoms with Crippen LogP contribution < -0.4 is 0 Å². The summed E-state index contributed by atoms with van der Waals surface area (Å²) in [5, 5.41) is 0. The van der Waals surface area contributed by atoms with Crippen LogP contribution in [0.5, 0.6) is 0 Å². The first-order chi connectivity index (χ1) is 7.15. The number of aryl methyl sites for hydroxylation is 1. The average Bonchev–Trinajstić information content (AvgIpc) is 2.47. The van der Waals surface area contributed by atoms with Crippen LogP contribution in [0, 0.1) is 6.92 Å². The Hall–Kier alpha value is -1.64. The third kappa shape index (κ3) is 1.44. The van der Waals surface area contributed by atoms with E-state index in [4.69, 9.17) is 0 Å². The normalized spacial score (nSPS) is 14.0. The van der Waals surface area contributed by atoms with Crippen molar-refractivity contribution >= 4 is 11.9 Å².